The van der Waals surface area contributed by atoms with Crippen LogP contribution in [0, 0.1) is 53.2 Å². The first-order valence-electron chi connectivity index (χ1n) is 15.3. The summed E-state index contributed by atoms with van der Waals surface area (Å²) in [7, 11) is 0. The second-order valence-corrected chi connectivity index (χ2v) is 13.8. The average Bonchev–Trinajstić information content (AvgIpc) is 3.01. The molecule has 5 heteroatoms. The lowest BCUT2D eigenvalue weighted by molar-refractivity contribution is 0.619. The predicted molar refractivity (Wildman–Crippen MR) is 210 cm³/mol. The van der Waals surface area contributed by atoms with Crippen LogP contribution in [0.5, 0.6) is 0 Å². The van der Waals surface area contributed by atoms with Gasteiger partial charge in [-0.05, 0) is 133 Å². The fourth-order valence-electron chi connectivity index (χ4n) is 4.42. The minimum Gasteiger partial charge on any atom is -0.206 e. The van der Waals surface area contributed by atoms with Crippen LogP contribution >= 0.6 is 54.5 Å². The number of terminal acetylenes is 1. The number of unbranched alkanes of at least 4 members (excludes halogenated alkanes) is 4. The normalized spacial score (nSPS) is 9.74. The first-order chi connectivity index (χ1) is 21.6. The second kappa shape index (κ2) is 23.0. The highest BCUT2D eigenvalue weighted by molar-refractivity contribution is 14.1. The van der Waals surface area contributed by atoms with E-state index in [1.54, 1.807) is 18.2 Å². The quantitative estimate of drug-likeness (QED) is 0.0717. The van der Waals surface area contributed by atoms with Crippen LogP contribution in [-0.4, -0.2) is 0 Å². The highest BCUT2D eigenvalue weighted by Gasteiger charge is 2.02. The molecule has 0 heterocycles. The molecular formula is C41H45Br2F2I. The van der Waals surface area contributed by atoms with Crippen molar-refractivity contribution in [2.45, 2.75) is 86.5 Å². The summed E-state index contributed by atoms with van der Waals surface area (Å²) in [6.45, 7) is 8.58. The Morgan fingerprint density at radius 1 is 0.630 bits per heavy atom. The van der Waals surface area contributed by atoms with E-state index in [-0.39, 0.29) is 19.1 Å². The van der Waals surface area contributed by atoms with Crippen LogP contribution in [0.4, 0.5) is 8.78 Å². The van der Waals surface area contributed by atoms with Gasteiger partial charge in [-0.1, -0.05) is 121 Å². The molecule has 0 radical (unpaired) electrons. The zero-order valence-corrected chi connectivity index (χ0v) is 31.9. The Balaban J connectivity index is 0.000000377. The van der Waals surface area contributed by atoms with E-state index in [9.17, 15) is 8.78 Å². The van der Waals surface area contributed by atoms with E-state index < -0.39 is 0 Å². The van der Waals surface area contributed by atoms with Crippen LogP contribution in [0.2, 0.25) is 0 Å². The molecule has 0 unspecified atom stereocenters. The summed E-state index contributed by atoms with van der Waals surface area (Å²) in [6.07, 6.45) is 15.3. The lowest BCUT2D eigenvalue weighted by Gasteiger charge is -2.04. The van der Waals surface area contributed by atoms with E-state index in [2.05, 4.69) is 108 Å². The molecule has 244 valence electrons. The standard InChI is InChI=1S/C20H20BrF.C14H18.C6H3BrFI.CH4/c1-3-4-5-6-16-7-8-17(15(2)13-16)9-10-18-11-12-19(21)14-20(18)22;1-4-6-7-8-13-9-10-14(5-2)12(3)11-13;7-4-1-2-6(9)5(8)3-4;/h7-8,11-14H,3-6H2,1-2H3;2,9-11H,4,6-8H2,1,3H3;1-3H;1H4. The third-order valence-corrected chi connectivity index (χ3v) is 8.88. The van der Waals surface area contributed by atoms with Gasteiger partial charge in [-0.25, -0.2) is 8.78 Å². The van der Waals surface area contributed by atoms with Gasteiger partial charge >= 0.3 is 0 Å². The average molecular weight is 863 g/mol. The van der Waals surface area contributed by atoms with Crippen molar-refractivity contribution in [1.82, 2.24) is 0 Å². The Kier molecular flexibility index (Phi) is 20.8. The van der Waals surface area contributed by atoms with Crippen LogP contribution in [0.25, 0.3) is 0 Å². The van der Waals surface area contributed by atoms with Crippen LogP contribution in [0.3, 0.4) is 0 Å². The van der Waals surface area contributed by atoms with Crippen molar-refractivity contribution in [1.29, 1.82) is 0 Å². The molecule has 0 nitrogen and oxygen atoms in total. The molecule has 0 bridgehead atoms. The topological polar surface area (TPSA) is 0 Å². The van der Waals surface area contributed by atoms with Crippen LogP contribution < -0.4 is 0 Å². The Morgan fingerprint density at radius 3 is 1.52 bits per heavy atom. The molecule has 4 aromatic rings. The molecule has 0 aliphatic carbocycles. The molecule has 46 heavy (non-hydrogen) atoms. The van der Waals surface area contributed by atoms with E-state index in [4.69, 9.17) is 6.42 Å². The molecule has 4 rings (SSSR count). The summed E-state index contributed by atoms with van der Waals surface area (Å²) < 4.78 is 28.5. The van der Waals surface area contributed by atoms with Crippen molar-refractivity contribution >= 4 is 54.5 Å². The third kappa shape index (κ3) is 15.4. The Hall–Kier alpha value is -2.45. The van der Waals surface area contributed by atoms with Crippen molar-refractivity contribution in [2.75, 3.05) is 0 Å². The lowest BCUT2D eigenvalue weighted by Crippen LogP contribution is -1.90. The number of halogens is 5. The Bertz CT molecular complexity index is 1630. The van der Waals surface area contributed by atoms with E-state index in [0.29, 0.717) is 9.13 Å². The summed E-state index contributed by atoms with van der Waals surface area (Å²) in [4.78, 5) is 0. The first kappa shape index (κ1) is 41.6. The summed E-state index contributed by atoms with van der Waals surface area (Å²) in [5, 5.41) is 0. The smallest absolute Gasteiger partial charge is 0.139 e. The lowest BCUT2D eigenvalue weighted by atomic mass is 10.0. The van der Waals surface area contributed by atoms with Crippen LogP contribution in [0.15, 0.2) is 81.7 Å². The van der Waals surface area contributed by atoms with Gasteiger partial charge in [-0.3, -0.25) is 0 Å². The highest BCUT2D eigenvalue weighted by Crippen LogP contribution is 2.18. The molecule has 4 aromatic carbocycles. The van der Waals surface area contributed by atoms with Gasteiger partial charge in [0, 0.05) is 23.6 Å². The maximum atomic E-state index is 13.8. The molecule has 0 fully saturated rings. The molecule has 0 spiro atoms. The van der Waals surface area contributed by atoms with Crippen LogP contribution in [0.1, 0.15) is 98.7 Å². The second-order valence-electron chi connectivity index (χ2n) is 10.8. The fraction of sp³-hybridized carbons (Fsp3) is 0.317. The van der Waals surface area contributed by atoms with Gasteiger partial charge in [0.25, 0.3) is 0 Å². The van der Waals surface area contributed by atoms with Crippen molar-refractivity contribution in [3.05, 3.63) is 136 Å². The Labute approximate surface area is 307 Å². The zero-order valence-electron chi connectivity index (χ0n) is 26.6. The van der Waals surface area contributed by atoms with Crippen molar-refractivity contribution < 1.29 is 8.78 Å². The Morgan fingerprint density at radius 2 is 1.09 bits per heavy atom. The van der Waals surface area contributed by atoms with Crippen molar-refractivity contribution in [3.8, 4) is 24.2 Å². The minimum absolute atomic E-state index is 0. The van der Waals surface area contributed by atoms with Gasteiger partial charge in [0.1, 0.15) is 11.6 Å². The van der Waals surface area contributed by atoms with Crippen molar-refractivity contribution in [2.24, 2.45) is 0 Å². The van der Waals surface area contributed by atoms with Crippen LogP contribution in [-0.2, 0) is 12.8 Å². The molecule has 0 amide bonds. The SMILES string of the molecule is C.C#Cc1ccc(CCCCC)cc1C.CCCCCc1ccc(C#Cc2ccc(Br)cc2F)c(C)c1.Fc1cc(Br)ccc1I. The number of aryl methyl sites for hydroxylation is 4. The monoisotopic (exact) mass is 860 g/mol. The fourth-order valence-corrected chi connectivity index (χ4v) is 5.42. The van der Waals surface area contributed by atoms with E-state index in [1.807, 2.05) is 34.7 Å². The van der Waals surface area contributed by atoms with Crippen molar-refractivity contribution in [3.63, 3.8) is 0 Å². The molecule has 0 aliphatic heterocycles. The zero-order chi connectivity index (χ0) is 33.2. The van der Waals surface area contributed by atoms with Gasteiger partial charge in [0.15, 0.2) is 0 Å². The van der Waals surface area contributed by atoms with Gasteiger partial charge < -0.3 is 0 Å². The molecular weight excluding hydrogens is 817 g/mol. The maximum Gasteiger partial charge on any atom is 0.139 e. The van der Waals surface area contributed by atoms with Gasteiger partial charge in [0.05, 0.1) is 5.56 Å². The maximum absolute atomic E-state index is 13.8. The summed E-state index contributed by atoms with van der Waals surface area (Å²) in [6, 6.07) is 22.7. The van der Waals surface area contributed by atoms with Gasteiger partial charge in [-0.2, -0.15) is 0 Å². The van der Waals surface area contributed by atoms with Gasteiger partial charge in [-0.15, -0.1) is 6.42 Å². The third-order valence-electron chi connectivity index (χ3n) is 7.02. The molecule has 0 atom stereocenters. The van der Waals surface area contributed by atoms with E-state index in [1.165, 1.54) is 73.8 Å². The molecule has 0 saturated carbocycles. The summed E-state index contributed by atoms with van der Waals surface area (Å²) in [5.74, 6) is 8.22. The molecule has 0 saturated heterocycles. The van der Waals surface area contributed by atoms with E-state index in [0.717, 1.165) is 32.1 Å². The summed E-state index contributed by atoms with van der Waals surface area (Å²) >= 11 is 8.35. The number of hydrogen-bond donors (Lipinski definition) is 0. The minimum atomic E-state index is -0.296. The molecule has 0 aromatic heterocycles. The predicted octanol–water partition coefficient (Wildman–Crippen LogP) is 13.6. The van der Waals surface area contributed by atoms with E-state index >= 15 is 0 Å². The van der Waals surface area contributed by atoms with Gasteiger partial charge in [0.2, 0.25) is 0 Å². The largest absolute Gasteiger partial charge is 0.206 e. The summed E-state index contributed by atoms with van der Waals surface area (Å²) in [5.41, 5.74) is 7.54. The number of hydrogen-bond acceptors (Lipinski definition) is 0. The first-order valence-corrected chi connectivity index (χ1v) is 18.0. The highest BCUT2D eigenvalue weighted by atomic mass is 127. The molecule has 0 aliphatic rings. The number of benzene rings is 4. The molecule has 0 N–H and O–H groups in total. The number of rotatable bonds is 8.